The summed E-state index contributed by atoms with van der Waals surface area (Å²) < 4.78 is 32.5. The van der Waals surface area contributed by atoms with Crippen molar-refractivity contribution in [3.63, 3.8) is 0 Å². The first-order valence-corrected chi connectivity index (χ1v) is 12.6. The van der Waals surface area contributed by atoms with E-state index >= 15 is 0 Å². The molecule has 0 saturated heterocycles. The van der Waals surface area contributed by atoms with Gasteiger partial charge in [0.05, 0.1) is 4.90 Å². The molecule has 1 N–H and O–H groups in total. The molecule has 1 fully saturated rings. The summed E-state index contributed by atoms with van der Waals surface area (Å²) in [6.07, 6.45) is 3.25. The summed E-state index contributed by atoms with van der Waals surface area (Å²) in [7, 11) is -3.53. The van der Waals surface area contributed by atoms with Gasteiger partial charge in [0.1, 0.15) is 6.10 Å². The molecule has 1 aromatic carbocycles. The van der Waals surface area contributed by atoms with Crippen LogP contribution in [0.5, 0.6) is 6.01 Å². The number of carbonyl (C=O) groups is 1. The Morgan fingerprint density at radius 1 is 1.03 bits per heavy atom. The second kappa shape index (κ2) is 10.4. The number of benzene rings is 1. The molecule has 8 nitrogen and oxygen atoms in total. The Hall–Kier alpha value is -2.52. The van der Waals surface area contributed by atoms with Crippen LogP contribution in [-0.2, 0) is 10.0 Å². The van der Waals surface area contributed by atoms with Crippen LogP contribution in [0.3, 0.4) is 0 Å². The van der Waals surface area contributed by atoms with Gasteiger partial charge in [-0.25, -0.2) is 18.4 Å². The predicted molar refractivity (Wildman–Crippen MR) is 122 cm³/mol. The van der Waals surface area contributed by atoms with Crippen molar-refractivity contribution in [1.29, 1.82) is 0 Å². The maximum Gasteiger partial charge on any atom is 0.317 e. The van der Waals surface area contributed by atoms with Gasteiger partial charge in [0.25, 0.3) is 5.91 Å². The number of hydrogen-bond donors (Lipinski definition) is 1. The molecular formula is C23H32N4O4S. The number of rotatable bonds is 8. The normalized spacial score (nSPS) is 19.0. The second-order valence-corrected chi connectivity index (χ2v) is 10.0. The van der Waals surface area contributed by atoms with Gasteiger partial charge < -0.3 is 10.1 Å². The van der Waals surface area contributed by atoms with E-state index in [4.69, 9.17) is 4.74 Å². The van der Waals surface area contributed by atoms with Crippen molar-refractivity contribution in [2.75, 3.05) is 13.1 Å². The molecule has 0 spiro atoms. The first-order valence-electron chi connectivity index (χ1n) is 11.1. The minimum Gasteiger partial charge on any atom is -0.460 e. The van der Waals surface area contributed by atoms with Gasteiger partial charge in [-0.1, -0.05) is 13.8 Å². The van der Waals surface area contributed by atoms with Crippen molar-refractivity contribution >= 4 is 15.9 Å². The number of sulfonamides is 1. The quantitative estimate of drug-likeness (QED) is 0.649. The van der Waals surface area contributed by atoms with Gasteiger partial charge in [-0.2, -0.15) is 4.31 Å². The lowest BCUT2D eigenvalue weighted by atomic mass is 9.92. The Bertz CT molecular complexity index is 1010. The molecule has 1 heterocycles. The molecule has 0 unspecified atom stereocenters. The molecule has 1 aliphatic carbocycles. The zero-order chi connectivity index (χ0) is 23.3. The van der Waals surface area contributed by atoms with E-state index in [1.165, 1.54) is 16.4 Å². The number of ether oxygens (including phenoxy) is 1. The zero-order valence-electron chi connectivity index (χ0n) is 19.2. The smallest absolute Gasteiger partial charge is 0.317 e. The molecular weight excluding hydrogens is 428 g/mol. The summed E-state index contributed by atoms with van der Waals surface area (Å²) in [6, 6.07) is 8.51. The summed E-state index contributed by atoms with van der Waals surface area (Å²) in [5.41, 5.74) is 2.21. The molecule has 0 aliphatic heterocycles. The highest BCUT2D eigenvalue weighted by molar-refractivity contribution is 7.89. The Morgan fingerprint density at radius 2 is 1.59 bits per heavy atom. The number of carbonyl (C=O) groups excluding carboxylic acids is 1. The van der Waals surface area contributed by atoms with Crippen LogP contribution >= 0.6 is 0 Å². The third kappa shape index (κ3) is 5.83. The Morgan fingerprint density at radius 3 is 2.12 bits per heavy atom. The first kappa shape index (κ1) is 24.1. The number of nitrogens with one attached hydrogen (secondary N) is 1. The van der Waals surface area contributed by atoms with E-state index in [1.807, 2.05) is 19.9 Å². The minimum atomic E-state index is -3.53. The monoisotopic (exact) mass is 460 g/mol. The maximum atomic E-state index is 12.6. The molecule has 1 saturated carbocycles. The van der Waals surface area contributed by atoms with Gasteiger partial charge in [0.2, 0.25) is 10.0 Å². The van der Waals surface area contributed by atoms with Crippen LogP contribution in [-0.4, -0.2) is 53.8 Å². The molecule has 1 aliphatic rings. The summed E-state index contributed by atoms with van der Waals surface area (Å²) in [5, 5.41) is 3.06. The van der Waals surface area contributed by atoms with Gasteiger partial charge in [0.15, 0.2) is 0 Å². The SMILES string of the molecule is CCN(CC)S(=O)(=O)c1ccc(C(=O)NC2CCC(Oc3nc(C)cc(C)n3)CC2)cc1. The molecule has 3 rings (SSSR count). The second-order valence-electron chi connectivity index (χ2n) is 8.11. The van der Waals surface area contributed by atoms with E-state index in [1.54, 1.807) is 26.0 Å². The predicted octanol–water partition coefficient (Wildman–Crippen LogP) is 3.24. The van der Waals surface area contributed by atoms with Gasteiger partial charge >= 0.3 is 6.01 Å². The first-order chi connectivity index (χ1) is 15.2. The van der Waals surface area contributed by atoms with E-state index in [2.05, 4.69) is 15.3 Å². The third-order valence-electron chi connectivity index (χ3n) is 5.70. The van der Waals surface area contributed by atoms with Crippen LogP contribution < -0.4 is 10.1 Å². The Kier molecular flexibility index (Phi) is 7.84. The van der Waals surface area contributed by atoms with Crippen molar-refractivity contribution < 1.29 is 17.9 Å². The average Bonchev–Trinajstić information content (AvgIpc) is 2.75. The summed E-state index contributed by atoms with van der Waals surface area (Å²) in [5.74, 6) is -0.196. The fourth-order valence-corrected chi connectivity index (χ4v) is 5.44. The van der Waals surface area contributed by atoms with E-state index in [0.717, 1.165) is 37.1 Å². The van der Waals surface area contributed by atoms with Crippen molar-refractivity contribution in [1.82, 2.24) is 19.6 Å². The number of amides is 1. The largest absolute Gasteiger partial charge is 0.460 e. The van der Waals surface area contributed by atoms with E-state index in [9.17, 15) is 13.2 Å². The number of aromatic nitrogens is 2. The third-order valence-corrected chi connectivity index (χ3v) is 7.77. The van der Waals surface area contributed by atoms with Crippen molar-refractivity contribution in [3.8, 4) is 6.01 Å². The van der Waals surface area contributed by atoms with E-state index < -0.39 is 10.0 Å². The molecule has 1 amide bonds. The molecule has 0 bridgehead atoms. The molecule has 174 valence electrons. The average molecular weight is 461 g/mol. The fraction of sp³-hybridized carbons (Fsp3) is 0.522. The molecule has 32 heavy (non-hydrogen) atoms. The number of hydrogen-bond acceptors (Lipinski definition) is 6. The molecule has 2 aromatic rings. The highest BCUT2D eigenvalue weighted by Gasteiger charge is 2.25. The Labute approximate surface area is 190 Å². The molecule has 1 aromatic heterocycles. The van der Waals surface area contributed by atoms with Gasteiger partial charge in [-0.05, 0) is 69.9 Å². The van der Waals surface area contributed by atoms with Gasteiger partial charge in [-0.15, -0.1) is 0 Å². The fourth-order valence-electron chi connectivity index (χ4n) is 3.98. The van der Waals surface area contributed by atoms with Crippen LogP contribution in [0.25, 0.3) is 0 Å². The molecule has 0 atom stereocenters. The maximum absolute atomic E-state index is 12.6. The lowest BCUT2D eigenvalue weighted by Gasteiger charge is -2.29. The minimum absolute atomic E-state index is 0.0360. The van der Waals surface area contributed by atoms with Gasteiger partial charge in [0, 0.05) is 36.1 Å². The van der Waals surface area contributed by atoms with Crippen LogP contribution in [0.1, 0.15) is 61.3 Å². The highest BCUT2D eigenvalue weighted by atomic mass is 32.2. The lowest BCUT2D eigenvalue weighted by Crippen LogP contribution is -2.39. The van der Waals surface area contributed by atoms with Crippen molar-refractivity contribution in [2.24, 2.45) is 0 Å². The van der Waals surface area contributed by atoms with Crippen LogP contribution in [0.4, 0.5) is 0 Å². The van der Waals surface area contributed by atoms with Gasteiger partial charge in [-0.3, -0.25) is 4.79 Å². The molecule has 9 heteroatoms. The summed E-state index contributed by atoms with van der Waals surface area (Å²) >= 11 is 0. The summed E-state index contributed by atoms with van der Waals surface area (Å²) in [4.78, 5) is 21.5. The Balaban J connectivity index is 1.53. The van der Waals surface area contributed by atoms with Crippen LogP contribution in [0.15, 0.2) is 35.2 Å². The van der Waals surface area contributed by atoms with E-state index in [-0.39, 0.29) is 22.9 Å². The lowest BCUT2D eigenvalue weighted by molar-refractivity contribution is 0.0884. The van der Waals surface area contributed by atoms with E-state index in [0.29, 0.717) is 24.7 Å². The standard InChI is InChI=1S/C23H32N4O4S/c1-5-27(6-2)32(29,30)21-13-7-18(8-14-21)22(28)26-19-9-11-20(12-10-19)31-23-24-16(3)15-17(4)25-23/h7-8,13-15,19-20H,5-6,9-12H2,1-4H3,(H,26,28). The number of nitrogens with zero attached hydrogens (tertiary/aromatic N) is 3. The van der Waals surface area contributed by atoms with Crippen molar-refractivity contribution in [2.45, 2.75) is 70.4 Å². The highest BCUT2D eigenvalue weighted by Crippen LogP contribution is 2.23. The zero-order valence-corrected chi connectivity index (χ0v) is 20.0. The van der Waals surface area contributed by atoms with Crippen LogP contribution in [0.2, 0.25) is 0 Å². The topological polar surface area (TPSA) is 101 Å². The van der Waals surface area contributed by atoms with Crippen LogP contribution in [0, 0.1) is 13.8 Å². The van der Waals surface area contributed by atoms with Crippen molar-refractivity contribution in [3.05, 3.63) is 47.3 Å². The summed E-state index contributed by atoms with van der Waals surface area (Å²) in [6.45, 7) is 8.25. The number of aryl methyl sites for hydroxylation is 2. The molecule has 0 radical (unpaired) electrons.